The van der Waals surface area contributed by atoms with Gasteiger partial charge in [-0.1, -0.05) is 0 Å². The molecule has 0 spiro atoms. The van der Waals surface area contributed by atoms with E-state index in [2.05, 4.69) is 4.98 Å². The third-order valence-electron chi connectivity index (χ3n) is 2.75. The van der Waals surface area contributed by atoms with Crippen molar-refractivity contribution in [2.75, 3.05) is 6.61 Å². The molecule has 1 aromatic heterocycles. The molecule has 0 saturated carbocycles. The van der Waals surface area contributed by atoms with Gasteiger partial charge < -0.3 is 9.30 Å². The quantitative estimate of drug-likeness (QED) is 0.626. The molecule has 1 heterocycles. The normalized spacial score (nSPS) is 10.9. The summed E-state index contributed by atoms with van der Waals surface area (Å²) in [6.07, 6.45) is 0.208. The zero-order valence-electron chi connectivity index (χ0n) is 10.5. The number of benzene rings is 1. The summed E-state index contributed by atoms with van der Waals surface area (Å²) in [5, 5.41) is 0. The van der Waals surface area contributed by atoms with Crippen LogP contribution in [0.2, 0.25) is 0 Å². The topological polar surface area (TPSA) is 44.1 Å². The summed E-state index contributed by atoms with van der Waals surface area (Å²) in [4.78, 5) is 15.7. The van der Waals surface area contributed by atoms with Crippen LogP contribution in [-0.2, 0) is 22.0 Å². The molecule has 0 fully saturated rings. The summed E-state index contributed by atoms with van der Waals surface area (Å²) in [5.41, 5.74) is 1.31. The fourth-order valence-corrected chi connectivity index (χ4v) is 2.14. The predicted octanol–water partition coefficient (Wildman–Crippen LogP) is 2.87. The Balaban J connectivity index is 2.29. The fourth-order valence-electron chi connectivity index (χ4n) is 1.93. The number of aromatic nitrogens is 2. The second kappa shape index (κ2) is 6.02. The standard InChI is InChI=1S/C13H14ClFN2O2/c1-2-19-13(18)5-6-17-11-7-9(15)3-4-10(11)16-12(17)8-14/h3-4,7H,2,5-6,8H2,1H3. The minimum Gasteiger partial charge on any atom is -0.466 e. The Labute approximate surface area is 115 Å². The average molecular weight is 285 g/mol. The second-order valence-electron chi connectivity index (χ2n) is 4.00. The summed E-state index contributed by atoms with van der Waals surface area (Å²) < 4.78 is 19.9. The van der Waals surface area contributed by atoms with Crippen molar-refractivity contribution in [1.82, 2.24) is 9.55 Å². The summed E-state index contributed by atoms with van der Waals surface area (Å²) in [6, 6.07) is 4.34. The zero-order chi connectivity index (χ0) is 13.8. The molecule has 2 rings (SSSR count). The highest BCUT2D eigenvalue weighted by atomic mass is 35.5. The molecule has 0 aliphatic rings. The third kappa shape index (κ3) is 3.04. The number of alkyl halides is 1. The Morgan fingerprint density at radius 2 is 2.32 bits per heavy atom. The number of esters is 1. The van der Waals surface area contributed by atoms with Crippen LogP contribution in [0, 0.1) is 5.82 Å². The number of aryl methyl sites for hydroxylation is 1. The highest BCUT2D eigenvalue weighted by Crippen LogP contribution is 2.19. The van der Waals surface area contributed by atoms with Crippen LogP contribution in [0.5, 0.6) is 0 Å². The number of ether oxygens (including phenoxy) is 1. The predicted molar refractivity (Wildman–Crippen MR) is 70.5 cm³/mol. The molecule has 0 radical (unpaired) electrons. The molecule has 0 amide bonds. The van der Waals surface area contributed by atoms with Crippen LogP contribution in [-0.4, -0.2) is 22.1 Å². The molecule has 19 heavy (non-hydrogen) atoms. The highest BCUT2D eigenvalue weighted by molar-refractivity contribution is 6.16. The van der Waals surface area contributed by atoms with Gasteiger partial charge >= 0.3 is 5.97 Å². The van der Waals surface area contributed by atoms with Crippen LogP contribution < -0.4 is 0 Å². The minimum absolute atomic E-state index is 0.207. The first-order valence-electron chi connectivity index (χ1n) is 6.02. The van der Waals surface area contributed by atoms with Crippen molar-refractivity contribution >= 4 is 28.6 Å². The third-order valence-corrected chi connectivity index (χ3v) is 2.99. The lowest BCUT2D eigenvalue weighted by atomic mass is 10.3. The van der Waals surface area contributed by atoms with Gasteiger partial charge in [-0.05, 0) is 25.1 Å². The molecule has 0 aliphatic heterocycles. The van der Waals surface area contributed by atoms with Crippen LogP contribution in [0.3, 0.4) is 0 Å². The molecule has 0 aliphatic carbocycles. The van der Waals surface area contributed by atoms with E-state index in [1.54, 1.807) is 17.6 Å². The van der Waals surface area contributed by atoms with Crippen LogP contribution >= 0.6 is 11.6 Å². The van der Waals surface area contributed by atoms with Gasteiger partial charge in [0.2, 0.25) is 0 Å². The molecular weight excluding hydrogens is 271 g/mol. The van der Waals surface area contributed by atoms with Crippen molar-refractivity contribution in [2.24, 2.45) is 0 Å². The molecular formula is C13H14ClFN2O2. The zero-order valence-corrected chi connectivity index (χ0v) is 11.3. The molecule has 1 aromatic carbocycles. The number of imidazole rings is 1. The largest absolute Gasteiger partial charge is 0.466 e. The number of nitrogens with zero attached hydrogens (tertiary/aromatic N) is 2. The Kier molecular flexibility index (Phi) is 4.37. The van der Waals surface area contributed by atoms with Gasteiger partial charge in [-0.25, -0.2) is 9.37 Å². The first-order chi connectivity index (χ1) is 9.15. The average Bonchev–Trinajstić information content (AvgIpc) is 2.74. The van der Waals surface area contributed by atoms with E-state index >= 15 is 0 Å². The first kappa shape index (κ1) is 13.8. The molecule has 0 unspecified atom stereocenters. The molecule has 0 atom stereocenters. The summed E-state index contributed by atoms with van der Waals surface area (Å²) >= 11 is 5.83. The summed E-state index contributed by atoms with van der Waals surface area (Å²) in [7, 11) is 0. The van der Waals surface area contributed by atoms with Gasteiger partial charge in [0.05, 0.1) is 29.9 Å². The molecule has 6 heteroatoms. The van der Waals surface area contributed by atoms with Gasteiger partial charge in [-0.15, -0.1) is 11.6 Å². The molecule has 4 nitrogen and oxygen atoms in total. The van der Waals surface area contributed by atoms with Gasteiger partial charge in [-0.2, -0.15) is 0 Å². The Morgan fingerprint density at radius 1 is 1.53 bits per heavy atom. The van der Waals surface area contributed by atoms with Crippen molar-refractivity contribution in [1.29, 1.82) is 0 Å². The number of carbonyl (C=O) groups excluding carboxylic acids is 1. The van der Waals surface area contributed by atoms with Crippen molar-refractivity contribution in [3.05, 3.63) is 29.8 Å². The van der Waals surface area contributed by atoms with E-state index in [0.29, 0.717) is 30.0 Å². The maximum Gasteiger partial charge on any atom is 0.307 e. The lowest BCUT2D eigenvalue weighted by Crippen LogP contribution is -2.10. The monoisotopic (exact) mass is 284 g/mol. The lowest BCUT2D eigenvalue weighted by Gasteiger charge is -2.07. The SMILES string of the molecule is CCOC(=O)CCn1c(CCl)nc2ccc(F)cc21. The molecule has 0 saturated heterocycles. The van der Waals surface area contributed by atoms with Crippen LogP contribution in [0.1, 0.15) is 19.2 Å². The number of carbonyl (C=O) groups is 1. The maximum atomic E-state index is 13.3. The van der Waals surface area contributed by atoms with E-state index in [1.165, 1.54) is 12.1 Å². The Morgan fingerprint density at radius 3 is 3.00 bits per heavy atom. The number of fused-ring (bicyclic) bond motifs is 1. The van der Waals surface area contributed by atoms with Crippen molar-refractivity contribution in [3.63, 3.8) is 0 Å². The van der Waals surface area contributed by atoms with Gasteiger partial charge in [0.1, 0.15) is 11.6 Å². The summed E-state index contributed by atoms with van der Waals surface area (Å²) in [6.45, 7) is 2.48. The molecule has 0 N–H and O–H groups in total. The van der Waals surface area contributed by atoms with E-state index in [9.17, 15) is 9.18 Å². The van der Waals surface area contributed by atoms with Gasteiger partial charge in [0.25, 0.3) is 0 Å². The smallest absolute Gasteiger partial charge is 0.307 e. The van der Waals surface area contributed by atoms with E-state index in [-0.39, 0.29) is 24.1 Å². The number of hydrogen-bond acceptors (Lipinski definition) is 3. The first-order valence-corrected chi connectivity index (χ1v) is 6.55. The van der Waals surface area contributed by atoms with Gasteiger partial charge in [-0.3, -0.25) is 4.79 Å². The number of hydrogen-bond donors (Lipinski definition) is 0. The maximum absolute atomic E-state index is 13.3. The summed E-state index contributed by atoms with van der Waals surface area (Å²) in [5.74, 6) is 0.192. The lowest BCUT2D eigenvalue weighted by molar-refractivity contribution is -0.143. The number of rotatable bonds is 5. The van der Waals surface area contributed by atoms with Crippen LogP contribution in [0.25, 0.3) is 11.0 Å². The fraction of sp³-hybridized carbons (Fsp3) is 0.385. The molecule has 102 valence electrons. The van der Waals surface area contributed by atoms with E-state index < -0.39 is 0 Å². The molecule has 2 aromatic rings. The molecule has 0 bridgehead atoms. The van der Waals surface area contributed by atoms with E-state index in [0.717, 1.165) is 0 Å². The second-order valence-corrected chi connectivity index (χ2v) is 4.27. The highest BCUT2D eigenvalue weighted by Gasteiger charge is 2.12. The van der Waals surface area contributed by atoms with E-state index in [1.807, 2.05) is 0 Å². The van der Waals surface area contributed by atoms with Crippen molar-refractivity contribution < 1.29 is 13.9 Å². The minimum atomic E-state index is -0.342. The van der Waals surface area contributed by atoms with Crippen LogP contribution in [0.4, 0.5) is 4.39 Å². The Hall–Kier alpha value is -1.62. The van der Waals surface area contributed by atoms with Gasteiger partial charge in [0, 0.05) is 6.54 Å². The Bertz CT molecular complexity index is 598. The van der Waals surface area contributed by atoms with Gasteiger partial charge in [0.15, 0.2) is 0 Å². The van der Waals surface area contributed by atoms with Crippen molar-refractivity contribution in [2.45, 2.75) is 25.8 Å². The van der Waals surface area contributed by atoms with E-state index in [4.69, 9.17) is 16.3 Å². The number of halogens is 2. The van der Waals surface area contributed by atoms with Crippen LogP contribution in [0.15, 0.2) is 18.2 Å². The van der Waals surface area contributed by atoms with Crippen molar-refractivity contribution in [3.8, 4) is 0 Å².